The number of phenols is 2. The Bertz CT molecular complexity index is 1100. The number of benzene rings is 3. The molecule has 1 atom stereocenters. The predicted molar refractivity (Wildman–Crippen MR) is 121 cm³/mol. The van der Waals surface area contributed by atoms with Crippen LogP contribution in [0.25, 0.3) is 0 Å². The fraction of sp³-hybridized carbons (Fsp3) is 0.130. The number of methoxy groups -OCH3 is 1. The van der Waals surface area contributed by atoms with E-state index in [4.69, 9.17) is 22.1 Å². The Kier molecular flexibility index (Phi) is 5.54. The number of hydrazone groups is 1. The summed E-state index contributed by atoms with van der Waals surface area (Å²) in [4.78, 5) is 0. The monoisotopic (exact) mass is 419 g/mol. The van der Waals surface area contributed by atoms with Gasteiger partial charge in [-0.25, -0.2) is 5.01 Å². The summed E-state index contributed by atoms with van der Waals surface area (Å²) in [5.41, 5.74) is 3.13. The molecule has 7 heteroatoms. The van der Waals surface area contributed by atoms with Gasteiger partial charge in [0.2, 0.25) is 0 Å². The van der Waals surface area contributed by atoms with E-state index in [2.05, 4.69) is 5.32 Å². The third-order valence-corrected chi connectivity index (χ3v) is 5.24. The molecule has 1 heterocycles. The van der Waals surface area contributed by atoms with Gasteiger partial charge in [0.15, 0.2) is 16.6 Å². The lowest BCUT2D eigenvalue weighted by Crippen LogP contribution is -2.31. The lowest BCUT2D eigenvalue weighted by molar-refractivity contribution is 0.360. The lowest BCUT2D eigenvalue weighted by Gasteiger charge is -2.25. The molecule has 1 aliphatic rings. The van der Waals surface area contributed by atoms with Crippen molar-refractivity contribution in [1.82, 2.24) is 5.01 Å². The zero-order valence-electron chi connectivity index (χ0n) is 16.3. The number of hydrogen-bond donors (Lipinski definition) is 3. The topological polar surface area (TPSA) is 77.3 Å². The molecule has 1 aliphatic heterocycles. The Morgan fingerprint density at radius 3 is 2.50 bits per heavy atom. The minimum absolute atomic E-state index is 0.0672. The number of thiocarbonyl (C=S) groups is 1. The molecule has 0 fully saturated rings. The molecule has 0 spiro atoms. The van der Waals surface area contributed by atoms with Crippen LogP contribution in [0.3, 0.4) is 0 Å². The predicted octanol–water partition coefficient (Wildman–Crippen LogP) is 4.65. The molecular weight excluding hydrogens is 398 g/mol. The van der Waals surface area contributed by atoms with Crippen molar-refractivity contribution in [3.8, 4) is 17.2 Å². The number of para-hydroxylation sites is 2. The minimum Gasteiger partial charge on any atom is -0.507 e. The summed E-state index contributed by atoms with van der Waals surface area (Å²) in [6.45, 7) is 0. The maximum atomic E-state index is 10.3. The summed E-state index contributed by atoms with van der Waals surface area (Å²) >= 11 is 5.66. The van der Waals surface area contributed by atoms with Gasteiger partial charge in [-0.15, -0.1) is 0 Å². The average Bonchev–Trinajstić information content (AvgIpc) is 3.20. The standard InChI is InChI=1S/C23H21N3O3S/c1-29-22-13-15(11-12-21(22)28)19-14-18(17-9-5-6-10-20(17)27)25-26(19)23(30)24-16-7-3-2-4-8-16/h2-13,19,27-28H,14H2,1H3,(H,24,30)/t19-/m0/s1. The van der Waals surface area contributed by atoms with Crippen molar-refractivity contribution in [2.45, 2.75) is 12.5 Å². The Labute approximate surface area is 180 Å². The Morgan fingerprint density at radius 1 is 1.03 bits per heavy atom. The van der Waals surface area contributed by atoms with Crippen molar-refractivity contribution in [1.29, 1.82) is 0 Å². The number of rotatable bonds is 4. The number of nitrogens with zero attached hydrogens (tertiary/aromatic N) is 2. The smallest absolute Gasteiger partial charge is 0.194 e. The molecule has 4 rings (SSSR count). The molecule has 3 N–H and O–H groups in total. The van der Waals surface area contributed by atoms with Crippen LogP contribution in [-0.2, 0) is 0 Å². The van der Waals surface area contributed by atoms with Gasteiger partial charge in [-0.3, -0.25) is 0 Å². The highest BCUT2D eigenvalue weighted by molar-refractivity contribution is 7.80. The van der Waals surface area contributed by atoms with E-state index in [1.165, 1.54) is 7.11 Å². The summed E-state index contributed by atoms with van der Waals surface area (Å²) < 4.78 is 5.27. The first-order valence-corrected chi connectivity index (χ1v) is 9.85. The molecule has 3 aromatic rings. The maximum Gasteiger partial charge on any atom is 0.194 e. The highest BCUT2D eigenvalue weighted by Gasteiger charge is 2.32. The number of phenolic OH excluding ortho intramolecular Hbond substituents is 2. The Hall–Kier alpha value is -3.58. The lowest BCUT2D eigenvalue weighted by atomic mass is 9.97. The van der Waals surface area contributed by atoms with E-state index in [0.717, 1.165) is 17.0 Å². The van der Waals surface area contributed by atoms with Gasteiger partial charge in [-0.1, -0.05) is 36.4 Å². The summed E-state index contributed by atoms with van der Waals surface area (Å²) in [7, 11) is 1.51. The second-order valence-corrected chi connectivity index (χ2v) is 7.24. The van der Waals surface area contributed by atoms with Crippen molar-refractivity contribution in [3.05, 3.63) is 83.9 Å². The number of ether oxygens (including phenoxy) is 1. The normalized spacial score (nSPS) is 15.6. The molecule has 152 valence electrons. The van der Waals surface area contributed by atoms with Crippen LogP contribution in [0.5, 0.6) is 17.2 Å². The molecule has 30 heavy (non-hydrogen) atoms. The number of aromatic hydroxyl groups is 2. The highest BCUT2D eigenvalue weighted by atomic mass is 32.1. The van der Waals surface area contributed by atoms with Gasteiger partial charge in [0.1, 0.15) is 5.75 Å². The zero-order chi connectivity index (χ0) is 21.1. The molecule has 0 aliphatic carbocycles. The van der Waals surface area contributed by atoms with E-state index >= 15 is 0 Å². The summed E-state index contributed by atoms with van der Waals surface area (Å²) in [5, 5.41) is 30.4. The Balaban J connectivity index is 1.70. The fourth-order valence-electron chi connectivity index (χ4n) is 3.44. The van der Waals surface area contributed by atoms with E-state index in [9.17, 15) is 10.2 Å². The van der Waals surface area contributed by atoms with Crippen LogP contribution >= 0.6 is 12.2 Å². The quantitative estimate of drug-likeness (QED) is 0.534. The van der Waals surface area contributed by atoms with Gasteiger partial charge in [0.05, 0.1) is 18.9 Å². The van der Waals surface area contributed by atoms with Crippen LogP contribution in [0.1, 0.15) is 23.6 Å². The van der Waals surface area contributed by atoms with Crippen LogP contribution in [0.2, 0.25) is 0 Å². The van der Waals surface area contributed by atoms with Crippen LogP contribution in [0.15, 0.2) is 77.9 Å². The van der Waals surface area contributed by atoms with Crippen LogP contribution in [-0.4, -0.2) is 33.2 Å². The molecule has 0 saturated heterocycles. The minimum atomic E-state index is -0.224. The molecular formula is C23H21N3O3S. The van der Waals surface area contributed by atoms with Crippen LogP contribution < -0.4 is 10.1 Å². The van der Waals surface area contributed by atoms with Crippen LogP contribution in [0.4, 0.5) is 5.69 Å². The first kappa shape index (κ1) is 19.7. The van der Waals surface area contributed by atoms with E-state index < -0.39 is 0 Å². The maximum absolute atomic E-state index is 10.3. The molecule has 0 aromatic heterocycles. The number of hydrogen-bond acceptors (Lipinski definition) is 5. The van der Waals surface area contributed by atoms with E-state index in [0.29, 0.717) is 22.8 Å². The molecule has 0 saturated carbocycles. The van der Waals surface area contributed by atoms with Crippen molar-refractivity contribution in [3.63, 3.8) is 0 Å². The van der Waals surface area contributed by atoms with Crippen molar-refractivity contribution in [2.75, 3.05) is 12.4 Å². The molecule has 0 unspecified atom stereocenters. The third-order valence-electron chi connectivity index (χ3n) is 4.95. The summed E-state index contributed by atoms with van der Waals surface area (Å²) in [6, 6.07) is 21.7. The summed E-state index contributed by atoms with van der Waals surface area (Å²) in [5.74, 6) is 0.616. The summed E-state index contributed by atoms with van der Waals surface area (Å²) in [6.07, 6.45) is 0.530. The second-order valence-electron chi connectivity index (χ2n) is 6.86. The fourth-order valence-corrected chi connectivity index (χ4v) is 3.73. The van der Waals surface area contributed by atoms with Crippen LogP contribution in [0, 0.1) is 0 Å². The van der Waals surface area contributed by atoms with E-state index in [1.807, 2.05) is 48.5 Å². The van der Waals surface area contributed by atoms with Gasteiger partial charge < -0.3 is 20.3 Å². The Morgan fingerprint density at radius 2 is 1.77 bits per heavy atom. The van der Waals surface area contributed by atoms with Gasteiger partial charge in [-0.2, -0.15) is 5.10 Å². The molecule has 3 aromatic carbocycles. The molecule has 0 radical (unpaired) electrons. The van der Waals surface area contributed by atoms with Crippen molar-refractivity contribution >= 4 is 28.7 Å². The van der Waals surface area contributed by atoms with Gasteiger partial charge in [0.25, 0.3) is 0 Å². The third kappa shape index (κ3) is 3.92. The molecule has 6 nitrogen and oxygen atoms in total. The first-order valence-electron chi connectivity index (χ1n) is 9.45. The van der Waals surface area contributed by atoms with Crippen molar-refractivity contribution in [2.24, 2.45) is 5.10 Å². The van der Waals surface area contributed by atoms with E-state index in [-0.39, 0.29) is 17.5 Å². The zero-order valence-corrected chi connectivity index (χ0v) is 17.1. The highest BCUT2D eigenvalue weighted by Crippen LogP contribution is 2.38. The number of nitrogens with one attached hydrogen (secondary N) is 1. The van der Waals surface area contributed by atoms with E-state index in [1.54, 1.807) is 29.3 Å². The number of anilines is 1. The van der Waals surface area contributed by atoms with Gasteiger partial charge in [-0.05, 0) is 54.2 Å². The molecule has 0 bridgehead atoms. The second kappa shape index (κ2) is 8.42. The van der Waals surface area contributed by atoms with Gasteiger partial charge in [0, 0.05) is 17.7 Å². The average molecular weight is 420 g/mol. The van der Waals surface area contributed by atoms with Crippen molar-refractivity contribution < 1.29 is 14.9 Å². The first-order chi connectivity index (χ1) is 14.6. The SMILES string of the molecule is COc1cc([C@@H]2CC(c3ccccc3O)=NN2C(=S)Nc2ccccc2)ccc1O. The van der Waals surface area contributed by atoms with Gasteiger partial charge >= 0.3 is 0 Å². The molecule has 0 amide bonds. The largest absolute Gasteiger partial charge is 0.507 e.